The van der Waals surface area contributed by atoms with Gasteiger partial charge in [0.05, 0.1) is 0 Å². The lowest BCUT2D eigenvalue weighted by Crippen LogP contribution is -2.27. The molecule has 2 amide bonds. The number of anilines is 1. The van der Waals surface area contributed by atoms with Crippen LogP contribution in [0.2, 0.25) is 0 Å². The first-order valence-electron chi connectivity index (χ1n) is 8.98. The summed E-state index contributed by atoms with van der Waals surface area (Å²) in [7, 11) is 1.55. The Bertz CT molecular complexity index is 1040. The van der Waals surface area contributed by atoms with Crippen molar-refractivity contribution in [1.29, 1.82) is 0 Å². The van der Waals surface area contributed by atoms with Crippen LogP contribution in [-0.2, 0) is 4.79 Å². The van der Waals surface area contributed by atoms with Gasteiger partial charge in [-0.25, -0.2) is 0 Å². The molecule has 0 aliphatic heterocycles. The smallest absolute Gasteiger partial charge is 0.269 e. The number of hydrogen-bond acceptors (Lipinski definition) is 4. The topological polar surface area (TPSA) is 80.3 Å². The molecule has 0 saturated heterocycles. The molecule has 0 atom stereocenters. The van der Waals surface area contributed by atoms with Gasteiger partial charge in [0, 0.05) is 35.8 Å². The molecule has 0 fully saturated rings. The van der Waals surface area contributed by atoms with E-state index in [1.807, 2.05) is 57.2 Å². The molecule has 0 bridgehead atoms. The zero-order chi connectivity index (χ0) is 20.3. The third-order valence-corrected chi connectivity index (χ3v) is 4.21. The maximum Gasteiger partial charge on any atom is 0.269 e. The third kappa shape index (κ3) is 4.28. The molecule has 0 saturated carbocycles. The van der Waals surface area contributed by atoms with Crippen molar-refractivity contribution >= 4 is 28.3 Å². The zero-order valence-corrected chi connectivity index (χ0v) is 16.4. The summed E-state index contributed by atoms with van der Waals surface area (Å²) >= 11 is 0. The van der Waals surface area contributed by atoms with Gasteiger partial charge in [0.25, 0.3) is 5.91 Å². The van der Waals surface area contributed by atoms with E-state index in [0.29, 0.717) is 11.5 Å². The second-order valence-corrected chi connectivity index (χ2v) is 7.45. The van der Waals surface area contributed by atoms with Gasteiger partial charge in [0.1, 0.15) is 17.2 Å². The lowest BCUT2D eigenvalue weighted by Gasteiger charge is -2.18. The zero-order valence-electron chi connectivity index (χ0n) is 16.4. The van der Waals surface area contributed by atoms with Crippen molar-refractivity contribution in [1.82, 2.24) is 10.3 Å². The van der Waals surface area contributed by atoms with Gasteiger partial charge in [0.15, 0.2) is 0 Å². The van der Waals surface area contributed by atoms with Crippen LogP contribution in [0.25, 0.3) is 10.8 Å². The van der Waals surface area contributed by atoms with E-state index < -0.39 is 5.41 Å². The van der Waals surface area contributed by atoms with E-state index in [4.69, 9.17) is 4.74 Å². The average Bonchev–Trinajstić information content (AvgIpc) is 2.67. The molecular weight excluding hydrogens is 354 g/mol. The van der Waals surface area contributed by atoms with Crippen molar-refractivity contribution in [2.24, 2.45) is 5.41 Å². The molecule has 6 nitrogen and oxygen atoms in total. The van der Waals surface area contributed by atoms with Gasteiger partial charge < -0.3 is 15.4 Å². The number of hydrogen-bond donors (Lipinski definition) is 2. The van der Waals surface area contributed by atoms with Gasteiger partial charge in [-0.1, -0.05) is 32.9 Å². The highest BCUT2D eigenvalue weighted by molar-refractivity contribution is 6.04. The molecule has 0 spiro atoms. The number of carbonyl (C=O) groups excluding carboxylic acids is 2. The molecule has 3 aromatic rings. The van der Waals surface area contributed by atoms with Crippen LogP contribution in [0, 0.1) is 5.41 Å². The molecule has 28 heavy (non-hydrogen) atoms. The Hall–Kier alpha value is -3.41. The molecule has 2 N–H and O–H groups in total. The Morgan fingerprint density at radius 1 is 1.00 bits per heavy atom. The normalized spacial score (nSPS) is 11.1. The van der Waals surface area contributed by atoms with Crippen molar-refractivity contribution in [3.63, 3.8) is 0 Å². The quantitative estimate of drug-likeness (QED) is 0.707. The Balaban J connectivity index is 1.87. The average molecular weight is 377 g/mol. The van der Waals surface area contributed by atoms with E-state index >= 15 is 0 Å². The summed E-state index contributed by atoms with van der Waals surface area (Å²) in [5.41, 5.74) is 0.567. The van der Waals surface area contributed by atoms with E-state index in [1.54, 1.807) is 19.2 Å². The first-order valence-corrected chi connectivity index (χ1v) is 8.98. The number of rotatable bonds is 4. The minimum Gasteiger partial charge on any atom is -0.457 e. The number of carbonyl (C=O) groups is 2. The van der Waals surface area contributed by atoms with Gasteiger partial charge in [-0.2, -0.15) is 0 Å². The first-order chi connectivity index (χ1) is 13.3. The maximum atomic E-state index is 12.3. The van der Waals surface area contributed by atoms with Gasteiger partial charge in [-0.15, -0.1) is 0 Å². The van der Waals surface area contributed by atoms with E-state index in [-0.39, 0.29) is 17.5 Å². The van der Waals surface area contributed by atoms with Crippen LogP contribution in [0.1, 0.15) is 31.3 Å². The van der Waals surface area contributed by atoms with Crippen LogP contribution in [0.3, 0.4) is 0 Å². The van der Waals surface area contributed by atoms with Crippen LogP contribution >= 0.6 is 0 Å². The Morgan fingerprint density at radius 2 is 1.75 bits per heavy atom. The lowest BCUT2D eigenvalue weighted by molar-refractivity contribution is -0.123. The molecule has 0 aliphatic rings. The summed E-state index contributed by atoms with van der Waals surface area (Å²) in [6, 6.07) is 14.6. The number of pyridine rings is 1. The van der Waals surface area contributed by atoms with Crippen LogP contribution in [-0.4, -0.2) is 23.8 Å². The standard InChI is InChI=1S/C22H23N3O3/c1-22(2,3)21(27)25-18-7-5-6-14-12-15(8-9-17(14)18)28-16-10-11-24-19(13-16)20(26)23-4/h5-13H,1-4H3,(H,23,26)(H,25,27). The molecule has 6 heteroatoms. The van der Waals surface area contributed by atoms with E-state index in [9.17, 15) is 9.59 Å². The van der Waals surface area contributed by atoms with Crippen molar-refractivity contribution in [2.45, 2.75) is 20.8 Å². The van der Waals surface area contributed by atoms with Gasteiger partial charge in [0.2, 0.25) is 5.91 Å². The highest BCUT2D eigenvalue weighted by Crippen LogP contribution is 2.30. The van der Waals surface area contributed by atoms with Gasteiger partial charge >= 0.3 is 0 Å². The van der Waals surface area contributed by atoms with E-state index in [2.05, 4.69) is 15.6 Å². The van der Waals surface area contributed by atoms with Crippen molar-refractivity contribution < 1.29 is 14.3 Å². The Morgan fingerprint density at radius 3 is 2.46 bits per heavy atom. The monoisotopic (exact) mass is 377 g/mol. The largest absolute Gasteiger partial charge is 0.457 e. The number of aromatic nitrogens is 1. The third-order valence-electron chi connectivity index (χ3n) is 4.21. The van der Waals surface area contributed by atoms with Crippen LogP contribution < -0.4 is 15.4 Å². The Kier molecular flexibility index (Phi) is 5.31. The molecule has 1 heterocycles. The minimum absolute atomic E-state index is 0.0427. The maximum absolute atomic E-state index is 12.3. The molecule has 0 radical (unpaired) electrons. The van der Waals surface area contributed by atoms with Crippen molar-refractivity contribution in [3.05, 3.63) is 60.4 Å². The molecule has 1 aromatic heterocycles. The fourth-order valence-corrected chi connectivity index (χ4v) is 2.61. The number of benzene rings is 2. The highest BCUT2D eigenvalue weighted by Gasteiger charge is 2.21. The van der Waals surface area contributed by atoms with Crippen molar-refractivity contribution in [3.8, 4) is 11.5 Å². The predicted molar refractivity (Wildman–Crippen MR) is 110 cm³/mol. The van der Waals surface area contributed by atoms with Gasteiger partial charge in [-0.05, 0) is 35.7 Å². The lowest BCUT2D eigenvalue weighted by atomic mass is 9.95. The van der Waals surface area contributed by atoms with Crippen LogP contribution in [0.15, 0.2) is 54.7 Å². The summed E-state index contributed by atoms with van der Waals surface area (Å²) in [4.78, 5) is 28.1. The number of amides is 2. The van der Waals surface area contributed by atoms with Crippen LogP contribution in [0.4, 0.5) is 5.69 Å². The van der Waals surface area contributed by atoms with Crippen LogP contribution in [0.5, 0.6) is 11.5 Å². The van der Waals surface area contributed by atoms with E-state index in [1.165, 1.54) is 6.20 Å². The summed E-state index contributed by atoms with van der Waals surface area (Å²) in [6.45, 7) is 5.63. The second-order valence-electron chi connectivity index (χ2n) is 7.45. The SMILES string of the molecule is CNC(=O)c1cc(Oc2ccc3c(NC(=O)C(C)(C)C)cccc3c2)ccn1. The number of ether oxygens (including phenoxy) is 1. The summed E-state index contributed by atoms with van der Waals surface area (Å²) in [5, 5.41) is 7.38. The fourth-order valence-electron chi connectivity index (χ4n) is 2.61. The molecule has 3 rings (SSSR count). The summed E-state index contributed by atoms with van der Waals surface area (Å²) < 4.78 is 5.89. The van der Waals surface area contributed by atoms with Gasteiger partial charge in [-0.3, -0.25) is 14.6 Å². The fraction of sp³-hybridized carbons (Fsp3) is 0.227. The first kappa shape index (κ1) is 19.4. The number of nitrogens with one attached hydrogen (secondary N) is 2. The molecule has 144 valence electrons. The number of nitrogens with zero attached hydrogens (tertiary/aromatic N) is 1. The molecule has 0 aliphatic carbocycles. The number of fused-ring (bicyclic) bond motifs is 1. The molecular formula is C22H23N3O3. The Labute approximate surface area is 163 Å². The molecule has 0 unspecified atom stereocenters. The summed E-state index contributed by atoms with van der Waals surface area (Å²) in [6.07, 6.45) is 1.53. The predicted octanol–water partition coefficient (Wildman–Crippen LogP) is 4.37. The van der Waals surface area contributed by atoms with Crippen molar-refractivity contribution in [2.75, 3.05) is 12.4 Å². The minimum atomic E-state index is -0.477. The summed E-state index contributed by atoms with van der Waals surface area (Å²) in [5.74, 6) is 0.827. The second kappa shape index (κ2) is 7.68. The highest BCUT2D eigenvalue weighted by atomic mass is 16.5. The molecule has 2 aromatic carbocycles. The van der Waals surface area contributed by atoms with E-state index in [0.717, 1.165) is 16.5 Å².